The molecule has 1 heterocycles. The van der Waals surface area contributed by atoms with Crippen LogP contribution in [0.2, 0.25) is 0 Å². The molecule has 0 atom stereocenters. The normalized spacial score (nSPS) is 10.6. The summed E-state index contributed by atoms with van der Waals surface area (Å²) in [5, 5.41) is 4.01. The van der Waals surface area contributed by atoms with Crippen molar-refractivity contribution in [3.63, 3.8) is 0 Å². The Bertz CT molecular complexity index is 1000. The maximum atomic E-state index is 12.5. The van der Waals surface area contributed by atoms with Crippen LogP contribution in [-0.4, -0.2) is 48.8 Å². The minimum Gasteiger partial charge on any atom is -0.494 e. The van der Waals surface area contributed by atoms with Crippen molar-refractivity contribution >= 4 is 5.91 Å². The van der Waals surface area contributed by atoms with Crippen molar-refractivity contribution in [2.75, 3.05) is 27.9 Å². The van der Waals surface area contributed by atoms with Crippen LogP contribution in [0.4, 0.5) is 0 Å². The van der Waals surface area contributed by atoms with Crippen molar-refractivity contribution < 1.29 is 23.5 Å². The van der Waals surface area contributed by atoms with Crippen molar-refractivity contribution in [3.05, 3.63) is 53.9 Å². The van der Waals surface area contributed by atoms with E-state index in [4.69, 9.17) is 18.7 Å². The van der Waals surface area contributed by atoms with Gasteiger partial charge >= 0.3 is 0 Å². The lowest BCUT2D eigenvalue weighted by Crippen LogP contribution is -2.26. The molecule has 1 amide bonds. The van der Waals surface area contributed by atoms with Crippen LogP contribution in [-0.2, 0) is 17.8 Å². The fourth-order valence-corrected chi connectivity index (χ4v) is 3.07. The molecule has 3 rings (SSSR count). The van der Waals surface area contributed by atoms with Gasteiger partial charge in [0.05, 0.1) is 20.8 Å². The monoisotopic (exact) mass is 425 g/mol. The zero-order valence-electron chi connectivity index (χ0n) is 18.3. The summed E-state index contributed by atoms with van der Waals surface area (Å²) in [4.78, 5) is 18.6. The number of aryl methyl sites for hydroxylation is 1. The summed E-state index contributed by atoms with van der Waals surface area (Å²) in [7, 11) is 4.92. The second-order valence-electron chi connectivity index (χ2n) is 6.91. The van der Waals surface area contributed by atoms with Crippen molar-refractivity contribution in [2.24, 2.45) is 0 Å². The highest BCUT2D eigenvalue weighted by Crippen LogP contribution is 2.31. The number of carbonyl (C=O) groups excluding carboxylic acids is 1. The highest BCUT2D eigenvalue weighted by Gasteiger charge is 2.15. The Morgan fingerprint density at radius 1 is 1.06 bits per heavy atom. The van der Waals surface area contributed by atoms with Crippen molar-refractivity contribution in [2.45, 2.75) is 26.3 Å². The molecule has 8 heteroatoms. The average Bonchev–Trinajstić information content (AvgIpc) is 3.27. The largest absolute Gasteiger partial charge is 0.494 e. The molecule has 0 unspecified atom stereocenters. The Morgan fingerprint density at radius 3 is 2.48 bits per heavy atom. The van der Waals surface area contributed by atoms with Crippen LogP contribution in [0.25, 0.3) is 11.4 Å². The molecule has 0 N–H and O–H groups in total. The number of carbonyl (C=O) groups is 1. The summed E-state index contributed by atoms with van der Waals surface area (Å²) in [5.41, 5.74) is 1.78. The third kappa shape index (κ3) is 5.75. The van der Waals surface area contributed by atoms with Gasteiger partial charge in [0.1, 0.15) is 5.75 Å². The Labute approximate surface area is 181 Å². The fraction of sp³-hybridized carbons (Fsp3) is 0.348. The minimum atomic E-state index is -0.000230. The van der Waals surface area contributed by atoms with Crippen LogP contribution in [0, 0.1) is 0 Å². The first-order valence-corrected chi connectivity index (χ1v) is 10.0. The second kappa shape index (κ2) is 10.5. The van der Waals surface area contributed by atoms with E-state index in [1.807, 2.05) is 37.3 Å². The number of aromatic nitrogens is 2. The summed E-state index contributed by atoms with van der Waals surface area (Å²) < 4.78 is 21.3. The molecule has 0 bridgehead atoms. The van der Waals surface area contributed by atoms with Crippen LogP contribution in [0.3, 0.4) is 0 Å². The fourth-order valence-electron chi connectivity index (χ4n) is 3.07. The number of methoxy groups -OCH3 is 2. The maximum Gasteiger partial charge on any atom is 0.227 e. The van der Waals surface area contributed by atoms with Gasteiger partial charge in [-0.05, 0) is 42.8 Å². The average molecular weight is 425 g/mol. The summed E-state index contributed by atoms with van der Waals surface area (Å²) in [6, 6.07) is 13.1. The van der Waals surface area contributed by atoms with Gasteiger partial charge in [-0.3, -0.25) is 4.79 Å². The molecule has 0 fully saturated rings. The molecular formula is C23H27N3O5. The third-order valence-corrected chi connectivity index (χ3v) is 4.74. The van der Waals surface area contributed by atoms with Crippen LogP contribution >= 0.6 is 0 Å². The smallest absolute Gasteiger partial charge is 0.227 e. The van der Waals surface area contributed by atoms with E-state index in [9.17, 15) is 4.79 Å². The molecule has 0 aliphatic heterocycles. The van der Waals surface area contributed by atoms with E-state index >= 15 is 0 Å². The number of ether oxygens (including phenoxy) is 3. The van der Waals surface area contributed by atoms with Gasteiger partial charge in [-0.2, -0.15) is 4.98 Å². The quantitative estimate of drug-likeness (QED) is 0.489. The molecule has 0 radical (unpaired) electrons. The van der Waals surface area contributed by atoms with Gasteiger partial charge in [-0.15, -0.1) is 0 Å². The van der Waals surface area contributed by atoms with Crippen LogP contribution in [0.1, 0.15) is 24.8 Å². The first-order valence-electron chi connectivity index (χ1n) is 10.0. The topological polar surface area (TPSA) is 86.9 Å². The molecule has 3 aromatic rings. The molecule has 0 saturated carbocycles. The SMILES string of the molecule is CCOc1ccc(CN(C)C(=O)CCc2nc(-c3ccc(OC)c(OC)c3)no2)cc1. The summed E-state index contributed by atoms with van der Waals surface area (Å²) in [6.45, 7) is 3.09. The number of benzene rings is 2. The van der Waals surface area contributed by atoms with Gasteiger partial charge in [0, 0.05) is 32.0 Å². The predicted molar refractivity (Wildman–Crippen MR) is 115 cm³/mol. The second-order valence-corrected chi connectivity index (χ2v) is 6.91. The number of amides is 1. The molecule has 31 heavy (non-hydrogen) atoms. The predicted octanol–water partition coefficient (Wildman–Crippen LogP) is 3.74. The van der Waals surface area contributed by atoms with E-state index in [0.717, 1.165) is 16.9 Å². The van der Waals surface area contributed by atoms with Gasteiger partial charge < -0.3 is 23.6 Å². The molecule has 2 aromatic carbocycles. The summed E-state index contributed by atoms with van der Waals surface area (Å²) in [5.74, 6) is 2.87. The van der Waals surface area contributed by atoms with Gasteiger partial charge in [-0.1, -0.05) is 17.3 Å². The van der Waals surface area contributed by atoms with Crippen LogP contribution < -0.4 is 14.2 Å². The first kappa shape index (κ1) is 22.1. The Kier molecular flexibility index (Phi) is 7.48. The van der Waals surface area contributed by atoms with E-state index < -0.39 is 0 Å². The molecule has 164 valence electrons. The highest BCUT2D eigenvalue weighted by atomic mass is 16.5. The Balaban J connectivity index is 1.55. The van der Waals surface area contributed by atoms with E-state index in [0.29, 0.717) is 42.8 Å². The van der Waals surface area contributed by atoms with E-state index in [2.05, 4.69) is 10.1 Å². The summed E-state index contributed by atoms with van der Waals surface area (Å²) >= 11 is 0. The minimum absolute atomic E-state index is 0.000230. The Morgan fingerprint density at radius 2 is 1.81 bits per heavy atom. The lowest BCUT2D eigenvalue weighted by atomic mass is 10.2. The zero-order valence-corrected chi connectivity index (χ0v) is 18.3. The van der Waals surface area contributed by atoms with Gasteiger partial charge in [-0.25, -0.2) is 0 Å². The standard InChI is InChI=1S/C23H27N3O5/c1-5-30-18-9-6-16(7-10-18)15-26(2)22(27)13-12-21-24-23(25-31-21)17-8-11-19(28-3)20(14-17)29-4/h6-11,14H,5,12-13,15H2,1-4H3. The lowest BCUT2D eigenvalue weighted by molar-refractivity contribution is -0.130. The van der Waals surface area contributed by atoms with E-state index in [-0.39, 0.29) is 12.3 Å². The molecule has 0 spiro atoms. The summed E-state index contributed by atoms with van der Waals surface area (Å²) in [6.07, 6.45) is 0.647. The van der Waals surface area contributed by atoms with Gasteiger partial charge in [0.25, 0.3) is 0 Å². The molecule has 8 nitrogen and oxygen atoms in total. The molecule has 0 aliphatic carbocycles. The van der Waals surface area contributed by atoms with E-state index in [1.165, 1.54) is 0 Å². The first-order chi connectivity index (χ1) is 15.0. The molecule has 0 saturated heterocycles. The number of nitrogens with zero attached hydrogens (tertiary/aromatic N) is 3. The lowest BCUT2D eigenvalue weighted by Gasteiger charge is -2.17. The molecule has 1 aromatic heterocycles. The highest BCUT2D eigenvalue weighted by molar-refractivity contribution is 5.76. The van der Waals surface area contributed by atoms with E-state index in [1.54, 1.807) is 38.3 Å². The van der Waals surface area contributed by atoms with Crippen LogP contribution in [0.5, 0.6) is 17.2 Å². The van der Waals surface area contributed by atoms with Crippen molar-refractivity contribution in [1.82, 2.24) is 15.0 Å². The number of hydrogen-bond donors (Lipinski definition) is 0. The van der Waals surface area contributed by atoms with Crippen LogP contribution in [0.15, 0.2) is 47.0 Å². The zero-order chi connectivity index (χ0) is 22.2. The molecule has 0 aliphatic rings. The number of hydrogen-bond acceptors (Lipinski definition) is 7. The van der Waals surface area contributed by atoms with Crippen molar-refractivity contribution in [3.8, 4) is 28.6 Å². The Hall–Kier alpha value is -3.55. The maximum absolute atomic E-state index is 12.5. The van der Waals surface area contributed by atoms with Crippen molar-refractivity contribution in [1.29, 1.82) is 0 Å². The third-order valence-electron chi connectivity index (χ3n) is 4.74. The number of rotatable bonds is 10. The molecular weight excluding hydrogens is 398 g/mol. The van der Waals surface area contributed by atoms with Gasteiger partial charge in [0.2, 0.25) is 17.6 Å². The van der Waals surface area contributed by atoms with Gasteiger partial charge in [0.15, 0.2) is 11.5 Å².